The molecule has 4 atom stereocenters. The molecular formula is C31H31Cl2FN4O7S2. The summed E-state index contributed by atoms with van der Waals surface area (Å²) >= 11 is 14.2. The summed E-state index contributed by atoms with van der Waals surface area (Å²) < 4.78 is 54.6. The topological polar surface area (TPSA) is 167 Å². The highest BCUT2D eigenvalue weighted by atomic mass is 35.5. The molecule has 0 aliphatic heterocycles. The molecule has 3 saturated carbocycles. The number of hydrogen-bond acceptors (Lipinski definition) is 11. The van der Waals surface area contributed by atoms with Gasteiger partial charge in [0.25, 0.3) is 16.0 Å². The lowest BCUT2D eigenvalue weighted by molar-refractivity contribution is -0.116. The van der Waals surface area contributed by atoms with E-state index in [-0.39, 0.29) is 48.1 Å². The normalized spacial score (nSPS) is 24.2. The molecule has 3 aliphatic rings. The van der Waals surface area contributed by atoms with Gasteiger partial charge in [-0.2, -0.15) is 18.6 Å². The Morgan fingerprint density at radius 1 is 1.17 bits per heavy atom. The van der Waals surface area contributed by atoms with Crippen molar-refractivity contribution in [1.29, 1.82) is 0 Å². The van der Waals surface area contributed by atoms with Crippen LogP contribution in [0.4, 0.5) is 4.39 Å². The quantitative estimate of drug-likeness (QED) is 0.161. The number of nitrogens with one attached hydrogen (secondary N) is 1. The van der Waals surface area contributed by atoms with E-state index in [1.165, 1.54) is 6.07 Å². The number of aliphatic hydroxyl groups is 1. The SMILES string of the molecule is NOS(=O)(=O)CCNC(=O)c1cc(F)c2nc([C@]3(O)[C@@H]4CC[C@H]3C[C@H](OCc3c(-c5c(Cl)cccc5Cl)noc3C3CC3)C4)sc2c1. The molecule has 2 bridgehead atoms. The molecule has 16 heteroatoms. The Balaban J connectivity index is 1.07. The van der Waals surface area contributed by atoms with Crippen LogP contribution in [-0.2, 0) is 31.3 Å². The Bertz CT molecular complexity index is 1930. The van der Waals surface area contributed by atoms with Crippen LogP contribution in [0.25, 0.3) is 21.5 Å². The van der Waals surface area contributed by atoms with Crippen molar-refractivity contribution in [2.75, 3.05) is 12.3 Å². The minimum atomic E-state index is -3.97. The van der Waals surface area contributed by atoms with E-state index in [0.717, 1.165) is 54.4 Å². The average Bonchev–Trinajstić information content (AvgIpc) is 3.61. The van der Waals surface area contributed by atoms with Gasteiger partial charge in [0.1, 0.15) is 27.6 Å². The molecule has 2 heterocycles. The van der Waals surface area contributed by atoms with E-state index in [2.05, 4.69) is 19.7 Å². The molecule has 4 aromatic rings. The van der Waals surface area contributed by atoms with Crippen molar-refractivity contribution in [3.63, 3.8) is 0 Å². The summed E-state index contributed by atoms with van der Waals surface area (Å²) in [5, 5.41) is 20.3. The summed E-state index contributed by atoms with van der Waals surface area (Å²) in [4.78, 5) is 17.2. The van der Waals surface area contributed by atoms with Gasteiger partial charge in [0.05, 0.1) is 33.2 Å². The van der Waals surface area contributed by atoms with Crippen LogP contribution < -0.4 is 11.2 Å². The number of aromatic nitrogens is 2. The molecule has 0 unspecified atom stereocenters. The summed E-state index contributed by atoms with van der Waals surface area (Å²) in [6.07, 6.45) is 4.60. The van der Waals surface area contributed by atoms with Gasteiger partial charge in [-0.05, 0) is 74.6 Å². The number of fused-ring (bicyclic) bond motifs is 3. The van der Waals surface area contributed by atoms with Crippen molar-refractivity contribution in [2.45, 2.75) is 62.8 Å². The van der Waals surface area contributed by atoms with Crippen LogP contribution in [0.5, 0.6) is 0 Å². The fourth-order valence-electron chi connectivity index (χ4n) is 6.97. The average molecular weight is 726 g/mol. The third kappa shape index (κ3) is 6.19. The monoisotopic (exact) mass is 724 g/mol. The Morgan fingerprint density at radius 2 is 1.87 bits per heavy atom. The lowest BCUT2D eigenvalue weighted by Crippen LogP contribution is -2.44. The summed E-state index contributed by atoms with van der Waals surface area (Å²) in [5.74, 6) is 3.56. The molecule has 1 amide bonds. The second kappa shape index (κ2) is 12.6. The Kier molecular flexibility index (Phi) is 8.83. The van der Waals surface area contributed by atoms with E-state index in [9.17, 15) is 18.3 Å². The molecule has 7 rings (SSSR count). The van der Waals surface area contributed by atoms with Crippen LogP contribution >= 0.6 is 34.5 Å². The number of hydrogen-bond donors (Lipinski definition) is 3. The number of carbonyl (C=O) groups is 1. The van der Waals surface area contributed by atoms with Crippen LogP contribution in [0.1, 0.15) is 71.1 Å². The van der Waals surface area contributed by atoms with Gasteiger partial charge in [0, 0.05) is 29.2 Å². The minimum Gasteiger partial charge on any atom is -0.382 e. The third-order valence-corrected chi connectivity index (χ3v) is 12.2. The first-order valence-corrected chi connectivity index (χ1v) is 18.4. The molecule has 3 fully saturated rings. The van der Waals surface area contributed by atoms with Crippen LogP contribution in [0.3, 0.4) is 0 Å². The van der Waals surface area contributed by atoms with Crippen LogP contribution in [0.2, 0.25) is 10.0 Å². The Hall–Kier alpha value is -2.69. The molecule has 11 nitrogen and oxygen atoms in total. The maximum absolute atomic E-state index is 15.2. The van der Waals surface area contributed by atoms with Crippen LogP contribution in [0, 0.1) is 17.7 Å². The first-order valence-electron chi connectivity index (χ1n) is 15.2. The zero-order valence-corrected chi connectivity index (χ0v) is 28.0. The predicted molar refractivity (Wildman–Crippen MR) is 173 cm³/mol. The number of ether oxygens (including phenoxy) is 1. The van der Waals surface area contributed by atoms with E-state index >= 15 is 4.39 Å². The van der Waals surface area contributed by atoms with Gasteiger partial charge in [-0.3, -0.25) is 4.79 Å². The van der Waals surface area contributed by atoms with Gasteiger partial charge in [-0.15, -0.1) is 11.3 Å². The summed E-state index contributed by atoms with van der Waals surface area (Å²) in [6.45, 7) is -0.0104. The number of carbonyl (C=O) groups excluding carboxylic acids is 1. The van der Waals surface area contributed by atoms with Gasteiger partial charge in [-0.25, -0.2) is 9.37 Å². The van der Waals surface area contributed by atoms with Gasteiger partial charge >= 0.3 is 0 Å². The van der Waals surface area contributed by atoms with Gasteiger partial charge < -0.3 is 19.7 Å². The van der Waals surface area contributed by atoms with E-state index < -0.39 is 33.2 Å². The number of amides is 1. The van der Waals surface area contributed by atoms with E-state index in [1.54, 1.807) is 18.2 Å². The number of halogens is 3. The second-order valence-electron chi connectivity index (χ2n) is 12.4. The van der Waals surface area contributed by atoms with Crippen molar-refractivity contribution in [1.82, 2.24) is 15.5 Å². The molecule has 2 aromatic heterocycles. The smallest absolute Gasteiger partial charge is 0.284 e. The van der Waals surface area contributed by atoms with Gasteiger partial charge in [0.15, 0.2) is 5.82 Å². The second-order valence-corrected chi connectivity index (χ2v) is 15.9. The number of benzene rings is 2. The fraction of sp³-hybridized carbons (Fsp3) is 0.452. The largest absolute Gasteiger partial charge is 0.382 e. The molecule has 0 spiro atoms. The first-order chi connectivity index (χ1) is 22.5. The molecule has 47 heavy (non-hydrogen) atoms. The molecular weight excluding hydrogens is 694 g/mol. The van der Waals surface area contributed by atoms with E-state index in [1.807, 2.05) is 0 Å². The van der Waals surface area contributed by atoms with Crippen molar-refractivity contribution in [3.05, 3.63) is 68.1 Å². The summed E-state index contributed by atoms with van der Waals surface area (Å²) in [6, 6.07) is 7.83. The lowest BCUT2D eigenvalue weighted by atomic mass is 9.73. The van der Waals surface area contributed by atoms with Crippen molar-refractivity contribution >= 4 is 60.8 Å². The molecule has 4 N–H and O–H groups in total. The van der Waals surface area contributed by atoms with Crippen molar-refractivity contribution in [2.24, 2.45) is 17.7 Å². The Morgan fingerprint density at radius 3 is 2.53 bits per heavy atom. The zero-order chi connectivity index (χ0) is 33.1. The van der Waals surface area contributed by atoms with Crippen molar-refractivity contribution in [3.8, 4) is 11.3 Å². The first kappa shape index (κ1) is 32.8. The highest BCUT2D eigenvalue weighted by molar-refractivity contribution is 7.86. The molecule has 0 saturated heterocycles. The number of nitrogens with zero attached hydrogens (tertiary/aromatic N) is 2. The molecule has 250 valence electrons. The zero-order valence-electron chi connectivity index (χ0n) is 24.9. The van der Waals surface area contributed by atoms with Gasteiger partial charge in [0.2, 0.25) is 0 Å². The predicted octanol–water partition coefficient (Wildman–Crippen LogP) is 5.82. The number of rotatable bonds is 11. The lowest BCUT2D eigenvalue weighted by Gasteiger charge is -2.41. The van der Waals surface area contributed by atoms with Crippen LogP contribution in [-0.4, -0.2) is 48.0 Å². The summed E-state index contributed by atoms with van der Waals surface area (Å²) in [7, 11) is -3.97. The highest BCUT2D eigenvalue weighted by Gasteiger charge is 2.56. The standard InChI is InChI=1S/C31H31Cl2FN4O7S2/c32-21-2-1-3-22(33)25(21)26-20(28(44-38-26)15-4-5-15)14-43-19-12-17-6-7-18(13-19)31(17,40)30-37-27-23(34)10-16(11-24(27)46-30)29(39)36-8-9-47(41,42)45-35/h1-3,10-11,15,17-19,40H,4-9,12-14,35H2,(H,36,39)/t17-,18+,19-,31+. The molecule has 2 aromatic carbocycles. The maximum atomic E-state index is 15.2. The van der Waals surface area contributed by atoms with E-state index in [4.69, 9.17) is 38.4 Å². The number of thiazole rings is 1. The minimum absolute atomic E-state index is 0.0000788. The van der Waals surface area contributed by atoms with Crippen LogP contribution in [0.15, 0.2) is 34.9 Å². The Labute approximate surface area is 283 Å². The number of nitrogens with two attached hydrogens (primary N) is 1. The third-order valence-electron chi connectivity index (χ3n) is 9.47. The van der Waals surface area contributed by atoms with E-state index in [0.29, 0.717) is 43.9 Å². The summed E-state index contributed by atoms with van der Waals surface area (Å²) in [5.41, 5.74) is 0.837. The fourth-order valence-corrected chi connectivity index (χ4v) is 9.26. The maximum Gasteiger partial charge on any atom is 0.284 e. The van der Waals surface area contributed by atoms with Crippen molar-refractivity contribution < 1.29 is 36.3 Å². The highest BCUT2D eigenvalue weighted by Crippen LogP contribution is 2.57. The molecule has 0 radical (unpaired) electrons. The molecule has 3 aliphatic carbocycles. The van der Waals surface area contributed by atoms with Gasteiger partial charge in [-0.1, -0.05) is 34.4 Å².